The second-order valence-electron chi connectivity index (χ2n) is 6.97. The Morgan fingerprint density at radius 2 is 1.50 bits per heavy atom. The maximum absolute atomic E-state index is 12.6. The number of amides is 3. The first-order valence-electron chi connectivity index (χ1n) is 9.11. The standard InChI is InChI=1S/C17H32N4O6S/c1-5-9(4)12(18)15(24)21-13(8(2)3)16(25)19-10(6-22)14(23)20-11(7-28)17(26)27/h8-13,22,28H,5-7,18H2,1-4H3,(H,19,25)(H,20,23)(H,21,24)(H,26,27). The van der Waals surface area contributed by atoms with Crippen molar-refractivity contribution in [2.45, 2.75) is 58.3 Å². The van der Waals surface area contributed by atoms with Crippen LogP contribution in [0.3, 0.4) is 0 Å². The van der Waals surface area contributed by atoms with Gasteiger partial charge in [0.15, 0.2) is 0 Å². The van der Waals surface area contributed by atoms with E-state index in [0.717, 1.165) is 0 Å². The summed E-state index contributed by atoms with van der Waals surface area (Å²) in [5.74, 6) is -3.91. The lowest BCUT2D eigenvalue weighted by atomic mass is 9.97. The van der Waals surface area contributed by atoms with Crippen molar-refractivity contribution < 1.29 is 29.4 Å². The molecular formula is C17H32N4O6S. The average Bonchev–Trinajstić information content (AvgIpc) is 2.65. The van der Waals surface area contributed by atoms with Gasteiger partial charge in [-0.05, 0) is 11.8 Å². The molecule has 11 heteroatoms. The lowest BCUT2D eigenvalue weighted by Crippen LogP contribution is -2.59. The molecule has 10 nitrogen and oxygen atoms in total. The molecule has 0 rings (SSSR count). The Morgan fingerprint density at radius 1 is 0.964 bits per heavy atom. The van der Waals surface area contributed by atoms with Crippen molar-refractivity contribution in [3.8, 4) is 0 Å². The Bertz CT molecular complexity index is 560. The van der Waals surface area contributed by atoms with Crippen LogP contribution in [-0.2, 0) is 19.2 Å². The van der Waals surface area contributed by atoms with Crippen LogP contribution >= 0.6 is 12.6 Å². The van der Waals surface area contributed by atoms with Gasteiger partial charge in [-0.3, -0.25) is 14.4 Å². The number of carboxylic acid groups (broad SMARTS) is 1. The van der Waals surface area contributed by atoms with E-state index in [1.807, 2.05) is 13.8 Å². The Hall–Kier alpha value is -1.85. The highest BCUT2D eigenvalue weighted by Gasteiger charge is 2.31. The van der Waals surface area contributed by atoms with Crippen molar-refractivity contribution >= 4 is 36.3 Å². The zero-order valence-electron chi connectivity index (χ0n) is 16.6. The molecule has 5 atom stereocenters. The van der Waals surface area contributed by atoms with Gasteiger partial charge in [0.2, 0.25) is 17.7 Å². The topological polar surface area (TPSA) is 171 Å². The highest BCUT2D eigenvalue weighted by Crippen LogP contribution is 2.08. The number of hydrogen-bond acceptors (Lipinski definition) is 7. The lowest BCUT2D eigenvalue weighted by molar-refractivity contribution is -0.142. The highest BCUT2D eigenvalue weighted by atomic mass is 32.1. The van der Waals surface area contributed by atoms with Crippen molar-refractivity contribution in [1.82, 2.24) is 16.0 Å². The number of nitrogens with one attached hydrogen (secondary N) is 3. The molecule has 0 aliphatic carbocycles. The van der Waals surface area contributed by atoms with Gasteiger partial charge >= 0.3 is 5.97 Å². The monoisotopic (exact) mass is 420 g/mol. The quantitative estimate of drug-likeness (QED) is 0.188. The van der Waals surface area contributed by atoms with Crippen molar-refractivity contribution in [2.75, 3.05) is 12.4 Å². The fourth-order valence-electron chi connectivity index (χ4n) is 2.21. The van der Waals surface area contributed by atoms with Crippen molar-refractivity contribution in [3.05, 3.63) is 0 Å². The van der Waals surface area contributed by atoms with Crippen LogP contribution in [-0.4, -0.2) is 70.4 Å². The van der Waals surface area contributed by atoms with Crippen molar-refractivity contribution in [1.29, 1.82) is 0 Å². The number of hydrogen-bond donors (Lipinski definition) is 7. The molecule has 0 aromatic heterocycles. The molecule has 28 heavy (non-hydrogen) atoms. The second kappa shape index (κ2) is 12.6. The summed E-state index contributed by atoms with van der Waals surface area (Å²) < 4.78 is 0. The number of carbonyl (C=O) groups is 4. The van der Waals surface area contributed by atoms with Gasteiger partial charge in [-0.25, -0.2) is 4.79 Å². The molecule has 0 radical (unpaired) electrons. The molecular weight excluding hydrogens is 388 g/mol. The minimum atomic E-state index is -1.38. The minimum Gasteiger partial charge on any atom is -0.480 e. The summed E-state index contributed by atoms with van der Waals surface area (Å²) in [4.78, 5) is 48.0. The Morgan fingerprint density at radius 3 is 1.89 bits per heavy atom. The number of nitrogens with two attached hydrogens (primary N) is 1. The van der Waals surface area contributed by atoms with Crippen molar-refractivity contribution in [3.63, 3.8) is 0 Å². The summed E-state index contributed by atoms with van der Waals surface area (Å²) in [5.41, 5.74) is 5.88. The van der Waals surface area contributed by atoms with E-state index in [1.165, 1.54) is 0 Å². The summed E-state index contributed by atoms with van der Waals surface area (Å²) >= 11 is 3.83. The van der Waals surface area contributed by atoms with Gasteiger partial charge in [0, 0.05) is 5.75 Å². The third-order valence-electron chi connectivity index (χ3n) is 4.42. The molecule has 0 fully saturated rings. The Kier molecular flexibility index (Phi) is 11.7. The molecule has 0 aliphatic rings. The van der Waals surface area contributed by atoms with Gasteiger partial charge in [0.25, 0.3) is 0 Å². The molecule has 162 valence electrons. The van der Waals surface area contributed by atoms with Crippen LogP contribution in [0.5, 0.6) is 0 Å². The van der Waals surface area contributed by atoms with Gasteiger partial charge in [-0.15, -0.1) is 0 Å². The normalized spacial score (nSPS) is 16.4. The molecule has 0 aliphatic heterocycles. The summed E-state index contributed by atoms with van der Waals surface area (Å²) in [5, 5.41) is 25.5. The summed E-state index contributed by atoms with van der Waals surface area (Å²) in [6, 6.07) is -4.42. The van der Waals surface area contributed by atoms with E-state index in [2.05, 4.69) is 28.6 Å². The average molecular weight is 421 g/mol. The fraction of sp³-hybridized carbons (Fsp3) is 0.765. The van der Waals surface area contributed by atoms with Crippen LogP contribution in [0, 0.1) is 11.8 Å². The van der Waals surface area contributed by atoms with E-state index in [-0.39, 0.29) is 17.6 Å². The van der Waals surface area contributed by atoms with Gasteiger partial charge < -0.3 is 31.9 Å². The first-order chi connectivity index (χ1) is 13.0. The highest BCUT2D eigenvalue weighted by molar-refractivity contribution is 7.80. The first kappa shape index (κ1) is 26.1. The third kappa shape index (κ3) is 8.03. The number of thiol groups is 1. The van der Waals surface area contributed by atoms with Crippen LogP contribution in [0.4, 0.5) is 0 Å². The van der Waals surface area contributed by atoms with Crippen LogP contribution in [0.1, 0.15) is 34.1 Å². The lowest BCUT2D eigenvalue weighted by Gasteiger charge is -2.27. The number of aliphatic hydroxyl groups excluding tert-OH is 1. The van der Waals surface area contributed by atoms with Crippen LogP contribution in [0.25, 0.3) is 0 Å². The molecule has 5 unspecified atom stereocenters. The molecule has 0 heterocycles. The molecule has 0 saturated heterocycles. The van der Waals surface area contributed by atoms with Gasteiger partial charge in [0.05, 0.1) is 12.6 Å². The number of aliphatic carboxylic acids is 1. The van der Waals surface area contributed by atoms with Crippen molar-refractivity contribution in [2.24, 2.45) is 17.6 Å². The SMILES string of the molecule is CCC(C)C(N)C(=O)NC(C(=O)NC(CO)C(=O)NC(CS)C(=O)O)C(C)C. The van der Waals surface area contributed by atoms with Gasteiger partial charge in [-0.1, -0.05) is 34.1 Å². The minimum absolute atomic E-state index is 0.0824. The zero-order valence-corrected chi connectivity index (χ0v) is 17.5. The van der Waals surface area contributed by atoms with E-state index in [4.69, 9.17) is 10.8 Å². The molecule has 7 N–H and O–H groups in total. The summed E-state index contributed by atoms with van der Waals surface area (Å²) in [6.45, 7) is 6.37. The van der Waals surface area contributed by atoms with E-state index in [9.17, 15) is 24.3 Å². The molecule has 0 aromatic carbocycles. The molecule has 0 saturated carbocycles. The number of carbonyl (C=O) groups excluding carboxylic acids is 3. The van der Waals surface area contributed by atoms with Crippen LogP contribution < -0.4 is 21.7 Å². The maximum atomic E-state index is 12.6. The van der Waals surface area contributed by atoms with Crippen LogP contribution in [0.2, 0.25) is 0 Å². The molecule has 0 bridgehead atoms. The second-order valence-corrected chi connectivity index (χ2v) is 7.33. The van der Waals surface area contributed by atoms with E-state index in [1.54, 1.807) is 13.8 Å². The predicted octanol–water partition coefficient (Wildman–Crippen LogP) is -1.52. The third-order valence-corrected chi connectivity index (χ3v) is 4.78. The van der Waals surface area contributed by atoms with E-state index < -0.39 is 54.5 Å². The van der Waals surface area contributed by atoms with Crippen LogP contribution in [0.15, 0.2) is 0 Å². The maximum Gasteiger partial charge on any atom is 0.327 e. The smallest absolute Gasteiger partial charge is 0.327 e. The Labute approximate surface area is 170 Å². The molecule has 0 spiro atoms. The van der Waals surface area contributed by atoms with E-state index >= 15 is 0 Å². The number of aliphatic hydroxyl groups is 1. The molecule has 3 amide bonds. The largest absolute Gasteiger partial charge is 0.480 e. The predicted molar refractivity (Wildman–Crippen MR) is 107 cm³/mol. The first-order valence-corrected chi connectivity index (χ1v) is 9.74. The summed E-state index contributed by atoms with van der Waals surface area (Å²) in [7, 11) is 0. The Balaban J connectivity index is 5.12. The van der Waals surface area contributed by atoms with Gasteiger partial charge in [0.1, 0.15) is 18.1 Å². The fourth-order valence-corrected chi connectivity index (χ4v) is 2.46. The number of rotatable bonds is 12. The number of carboxylic acids is 1. The van der Waals surface area contributed by atoms with Gasteiger partial charge in [-0.2, -0.15) is 12.6 Å². The summed E-state index contributed by atoms with van der Waals surface area (Å²) in [6.07, 6.45) is 0.690. The molecule has 0 aromatic rings. The van der Waals surface area contributed by atoms with E-state index in [0.29, 0.717) is 6.42 Å². The zero-order chi connectivity index (χ0) is 22.0.